The van der Waals surface area contributed by atoms with Crippen molar-refractivity contribution in [2.75, 3.05) is 4.72 Å². The molecule has 15 heavy (non-hydrogen) atoms. The average Bonchev–Trinajstić information content (AvgIpc) is 2.40. The van der Waals surface area contributed by atoms with Crippen molar-refractivity contribution in [3.63, 3.8) is 0 Å². The van der Waals surface area contributed by atoms with E-state index in [1.165, 1.54) is 18.2 Å². The number of fused-ring (bicyclic) bond motifs is 1. The molecule has 0 saturated heterocycles. The lowest BCUT2D eigenvalue weighted by molar-refractivity contribution is 0.555. The van der Waals surface area contributed by atoms with E-state index < -0.39 is 16.0 Å². The lowest BCUT2D eigenvalue weighted by atomic mass is 10.3. The van der Waals surface area contributed by atoms with Crippen LogP contribution in [0.5, 0.6) is 0 Å². The van der Waals surface area contributed by atoms with E-state index in [1.807, 2.05) is 0 Å². The van der Waals surface area contributed by atoms with Gasteiger partial charge in [-0.1, -0.05) is 0 Å². The number of hydrogen-bond acceptors (Lipinski definition) is 4. The van der Waals surface area contributed by atoms with Crippen LogP contribution in [0.2, 0.25) is 0 Å². The van der Waals surface area contributed by atoms with Crippen LogP contribution in [-0.4, -0.2) is 13.4 Å². The van der Waals surface area contributed by atoms with Gasteiger partial charge in [-0.05, 0) is 18.2 Å². The summed E-state index contributed by atoms with van der Waals surface area (Å²) in [4.78, 5) is 13.2. The van der Waals surface area contributed by atoms with Crippen LogP contribution in [0.25, 0.3) is 11.1 Å². The summed E-state index contributed by atoms with van der Waals surface area (Å²) in [6, 6.07) is 4.30. The van der Waals surface area contributed by atoms with Crippen LogP contribution in [0.4, 0.5) is 5.69 Å². The van der Waals surface area contributed by atoms with E-state index in [4.69, 9.17) is 9.56 Å². The molecule has 8 heteroatoms. The molecule has 0 radical (unpaired) electrons. The van der Waals surface area contributed by atoms with Crippen LogP contribution in [0.3, 0.4) is 0 Å². The minimum absolute atomic E-state index is 0.252. The number of oxazole rings is 1. The second-order valence-corrected chi connectivity index (χ2v) is 4.17. The zero-order valence-electron chi connectivity index (χ0n) is 7.35. The van der Waals surface area contributed by atoms with Gasteiger partial charge in [0.15, 0.2) is 5.58 Å². The Hall–Kier alpha value is -1.80. The lowest BCUT2D eigenvalue weighted by Gasteiger charge is -2.01. The highest BCUT2D eigenvalue weighted by molar-refractivity contribution is 7.90. The summed E-state index contributed by atoms with van der Waals surface area (Å²) in [7, 11) is -3.81. The summed E-state index contributed by atoms with van der Waals surface area (Å²) in [6.07, 6.45) is 0. The zero-order chi connectivity index (χ0) is 11.1. The molecule has 1 aromatic heterocycles. The highest BCUT2D eigenvalue weighted by Gasteiger charge is 2.05. The third kappa shape index (κ3) is 2.17. The minimum Gasteiger partial charge on any atom is -0.408 e. The summed E-state index contributed by atoms with van der Waals surface area (Å²) in [6.45, 7) is 0. The second-order valence-electron chi connectivity index (χ2n) is 2.87. The van der Waals surface area contributed by atoms with Crippen molar-refractivity contribution < 1.29 is 12.8 Å². The molecule has 0 unspecified atom stereocenters. The first-order valence-corrected chi connectivity index (χ1v) is 5.42. The monoisotopic (exact) mass is 229 g/mol. The Morgan fingerprint density at radius 3 is 2.80 bits per heavy atom. The fraction of sp³-hybridized carbons (Fsp3) is 0. The van der Waals surface area contributed by atoms with Gasteiger partial charge in [0.2, 0.25) is 0 Å². The molecule has 4 N–H and O–H groups in total. The molecule has 0 aliphatic heterocycles. The molecule has 1 heterocycles. The Morgan fingerprint density at radius 1 is 1.40 bits per heavy atom. The summed E-state index contributed by atoms with van der Waals surface area (Å²) in [5.41, 5.74) is 0.996. The van der Waals surface area contributed by atoms with Gasteiger partial charge in [-0.15, -0.1) is 0 Å². The molecule has 0 aliphatic carbocycles. The van der Waals surface area contributed by atoms with Crippen LogP contribution < -0.4 is 15.6 Å². The topological polar surface area (TPSA) is 118 Å². The molecule has 0 atom stereocenters. The Kier molecular flexibility index (Phi) is 2.02. The highest BCUT2D eigenvalue weighted by Crippen LogP contribution is 2.16. The van der Waals surface area contributed by atoms with Crippen molar-refractivity contribution in [1.82, 2.24) is 4.98 Å². The van der Waals surface area contributed by atoms with Crippen molar-refractivity contribution in [2.24, 2.45) is 5.14 Å². The van der Waals surface area contributed by atoms with Gasteiger partial charge in [-0.3, -0.25) is 9.71 Å². The van der Waals surface area contributed by atoms with E-state index in [0.29, 0.717) is 11.1 Å². The van der Waals surface area contributed by atoms with Crippen molar-refractivity contribution in [3.8, 4) is 0 Å². The summed E-state index contributed by atoms with van der Waals surface area (Å²) in [5.74, 6) is -0.599. The second kappa shape index (κ2) is 3.11. The van der Waals surface area contributed by atoms with Crippen molar-refractivity contribution in [1.29, 1.82) is 0 Å². The third-order valence-electron chi connectivity index (χ3n) is 1.68. The maximum absolute atomic E-state index is 10.8. The normalized spacial score (nSPS) is 11.8. The number of nitrogens with one attached hydrogen (secondary N) is 2. The fourth-order valence-corrected chi connectivity index (χ4v) is 1.64. The maximum Gasteiger partial charge on any atom is 0.417 e. The van der Waals surface area contributed by atoms with Crippen LogP contribution in [0, 0.1) is 0 Å². The van der Waals surface area contributed by atoms with Gasteiger partial charge in [-0.2, -0.15) is 8.42 Å². The van der Waals surface area contributed by atoms with E-state index in [-0.39, 0.29) is 5.69 Å². The molecular formula is C7H7N3O4S. The van der Waals surface area contributed by atoms with Crippen LogP contribution in [-0.2, 0) is 10.2 Å². The number of benzene rings is 1. The van der Waals surface area contributed by atoms with Gasteiger partial charge < -0.3 is 4.42 Å². The van der Waals surface area contributed by atoms with Gasteiger partial charge in [-0.25, -0.2) is 9.93 Å². The quantitative estimate of drug-likeness (QED) is 0.657. The predicted molar refractivity (Wildman–Crippen MR) is 53.6 cm³/mol. The van der Waals surface area contributed by atoms with Gasteiger partial charge in [0, 0.05) is 0 Å². The molecule has 0 spiro atoms. The van der Waals surface area contributed by atoms with Crippen LogP contribution in [0.15, 0.2) is 27.4 Å². The van der Waals surface area contributed by atoms with E-state index in [2.05, 4.69) is 9.71 Å². The van der Waals surface area contributed by atoms with Gasteiger partial charge in [0.05, 0.1) is 11.2 Å². The molecule has 7 nitrogen and oxygen atoms in total. The largest absolute Gasteiger partial charge is 0.417 e. The number of aromatic nitrogens is 1. The van der Waals surface area contributed by atoms with Crippen molar-refractivity contribution >= 4 is 27.0 Å². The molecule has 1 aromatic carbocycles. The first-order valence-electron chi connectivity index (χ1n) is 3.87. The molecule has 2 rings (SSSR count). The predicted octanol–water partition coefficient (Wildman–Crippen LogP) is -0.264. The molecule has 80 valence electrons. The number of hydrogen-bond donors (Lipinski definition) is 3. The summed E-state index contributed by atoms with van der Waals surface area (Å²) in [5, 5.41) is 4.78. The molecule has 0 amide bonds. The molecule has 2 aromatic rings. The lowest BCUT2D eigenvalue weighted by Crippen LogP contribution is -2.21. The van der Waals surface area contributed by atoms with Crippen molar-refractivity contribution in [2.45, 2.75) is 0 Å². The van der Waals surface area contributed by atoms with E-state index in [0.717, 1.165) is 0 Å². The standard InChI is InChI=1S/C7H7N3O4S/c8-15(12,13)10-4-1-2-6-5(3-4)9-7(11)14-6/h1-3,10H,(H,9,11)(H2,8,12,13). The smallest absolute Gasteiger partial charge is 0.408 e. The van der Waals surface area contributed by atoms with Gasteiger partial charge >= 0.3 is 5.76 Å². The number of anilines is 1. The van der Waals surface area contributed by atoms with Gasteiger partial charge in [0.1, 0.15) is 0 Å². The molecule has 0 saturated carbocycles. The number of aromatic amines is 1. The molecular weight excluding hydrogens is 222 g/mol. The SMILES string of the molecule is NS(=O)(=O)Nc1ccc2oc(=O)[nH]c2c1. The molecule has 0 bridgehead atoms. The number of rotatable bonds is 2. The minimum atomic E-state index is -3.81. The van der Waals surface area contributed by atoms with Gasteiger partial charge in [0.25, 0.3) is 10.2 Å². The summed E-state index contributed by atoms with van der Waals surface area (Å²) >= 11 is 0. The molecule has 0 aliphatic rings. The average molecular weight is 229 g/mol. The molecule has 0 fully saturated rings. The fourth-order valence-electron chi connectivity index (χ4n) is 1.18. The highest BCUT2D eigenvalue weighted by atomic mass is 32.2. The first-order chi connectivity index (χ1) is 6.94. The van der Waals surface area contributed by atoms with Crippen molar-refractivity contribution in [3.05, 3.63) is 28.7 Å². The zero-order valence-corrected chi connectivity index (χ0v) is 8.17. The van der Waals surface area contributed by atoms with E-state index >= 15 is 0 Å². The Balaban J connectivity index is 2.51. The number of nitrogens with two attached hydrogens (primary N) is 1. The third-order valence-corrected chi connectivity index (χ3v) is 2.20. The van der Waals surface area contributed by atoms with Crippen LogP contribution in [0.1, 0.15) is 0 Å². The Morgan fingerprint density at radius 2 is 2.13 bits per heavy atom. The Labute approximate surface area is 84.1 Å². The first kappa shape index (κ1) is 9.74. The van der Waals surface area contributed by atoms with E-state index in [9.17, 15) is 13.2 Å². The number of H-pyrrole nitrogens is 1. The van der Waals surface area contributed by atoms with E-state index in [1.54, 1.807) is 0 Å². The maximum atomic E-state index is 10.8. The Bertz CT molecular complexity index is 654. The van der Waals surface area contributed by atoms with Crippen LogP contribution >= 0.6 is 0 Å². The summed E-state index contributed by atoms with van der Waals surface area (Å²) < 4.78 is 28.2.